The van der Waals surface area contributed by atoms with E-state index in [0.717, 1.165) is 5.56 Å². The topological polar surface area (TPSA) is 108 Å². The summed E-state index contributed by atoms with van der Waals surface area (Å²) in [6.07, 6.45) is 1.34. The summed E-state index contributed by atoms with van der Waals surface area (Å²) in [5.41, 5.74) is 0.366. The number of nitrogens with zero attached hydrogens (tertiary/aromatic N) is 1. The van der Waals surface area contributed by atoms with Gasteiger partial charge in [-0.05, 0) is 48.6 Å². The van der Waals surface area contributed by atoms with E-state index < -0.39 is 41.5 Å². The molecule has 3 aliphatic rings. The summed E-state index contributed by atoms with van der Waals surface area (Å²) in [5, 5.41) is 16.8. The van der Waals surface area contributed by atoms with Crippen LogP contribution in [-0.4, -0.2) is 58.1 Å². The maximum atomic E-state index is 14.2. The van der Waals surface area contributed by atoms with Crippen LogP contribution in [-0.2, 0) is 25.7 Å². The molecule has 5 rings (SSSR count). The van der Waals surface area contributed by atoms with Crippen LogP contribution in [0, 0.1) is 17.8 Å². The number of anilines is 1. The van der Waals surface area contributed by atoms with Gasteiger partial charge in [-0.15, -0.1) is 0 Å². The van der Waals surface area contributed by atoms with Crippen LogP contribution in [0.4, 0.5) is 5.69 Å². The van der Waals surface area contributed by atoms with Crippen LogP contribution in [0.2, 0.25) is 5.02 Å². The first-order chi connectivity index (χ1) is 18.3. The van der Waals surface area contributed by atoms with Gasteiger partial charge in [-0.25, -0.2) is 0 Å². The number of amides is 3. The average Bonchev–Trinajstić information content (AvgIpc) is 3.57. The number of fused-ring (bicyclic) bond motifs is 1. The summed E-state index contributed by atoms with van der Waals surface area (Å²) in [5.74, 6) is -2.50. The molecule has 0 aromatic heterocycles. The van der Waals surface area contributed by atoms with Gasteiger partial charge in [0.15, 0.2) is 0 Å². The third-order valence-electron chi connectivity index (χ3n) is 8.56. The highest BCUT2D eigenvalue weighted by Gasteiger charge is 2.75. The van der Waals surface area contributed by atoms with Crippen LogP contribution >= 0.6 is 11.6 Å². The van der Waals surface area contributed by atoms with Crippen molar-refractivity contribution in [2.75, 3.05) is 11.9 Å². The summed E-state index contributed by atoms with van der Waals surface area (Å²) in [6.45, 7) is 3.99. The van der Waals surface area contributed by atoms with Gasteiger partial charge in [-0.3, -0.25) is 14.4 Å². The van der Waals surface area contributed by atoms with E-state index in [1.165, 1.54) is 4.90 Å². The van der Waals surface area contributed by atoms with Gasteiger partial charge in [-0.1, -0.05) is 62.2 Å². The van der Waals surface area contributed by atoms with Gasteiger partial charge in [-0.2, -0.15) is 0 Å². The van der Waals surface area contributed by atoms with Gasteiger partial charge in [0.05, 0.1) is 30.6 Å². The fourth-order valence-corrected chi connectivity index (χ4v) is 6.64. The number of carbonyl (C=O) groups is 3. The number of rotatable bonds is 9. The van der Waals surface area contributed by atoms with Gasteiger partial charge < -0.3 is 25.4 Å². The SMILES string of the molecule is CC[C@H](C)[C@H](CO)N1C(=O)[C@@H]2[C@H](C(=O)NCc3ccccc3)[C@@H]3CCC2(O3)C1C(=O)Nc1ccc(Cl)cc1. The average molecular weight is 540 g/mol. The quantitative estimate of drug-likeness (QED) is 0.453. The van der Waals surface area contributed by atoms with Crippen LogP contribution < -0.4 is 10.6 Å². The number of halogens is 1. The molecule has 3 fully saturated rings. The van der Waals surface area contributed by atoms with Crippen molar-refractivity contribution >= 4 is 35.0 Å². The van der Waals surface area contributed by atoms with Crippen molar-refractivity contribution in [3.8, 4) is 0 Å². The van der Waals surface area contributed by atoms with E-state index in [0.29, 0.717) is 36.5 Å². The van der Waals surface area contributed by atoms with Crippen LogP contribution in [0.15, 0.2) is 54.6 Å². The molecule has 3 amide bonds. The highest BCUT2D eigenvalue weighted by atomic mass is 35.5. The number of aliphatic hydroxyl groups is 1. The van der Waals surface area contributed by atoms with Gasteiger partial charge in [0, 0.05) is 17.3 Å². The Morgan fingerprint density at radius 2 is 1.87 bits per heavy atom. The Balaban J connectivity index is 1.47. The Morgan fingerprint density at radius 1 is 1.16 bits per heavy atom. The van der Waals surface area contributed by atoms with Crippen LogP contribution in [0.5, 0.6) is 0 Å². The number of ether oxygens (including phenoxy) is 1. The van der Waals surface area contributed by atoms with E-state index in [1.54, 1.807) is 24.3 Å². The molecule has 3 aliphatic heterocycles. The highest BCUT2D eigenvalue weighted by Crippen LogP contribution is 2.59. The zero-order chi connectivity index (χ0) is 27.0. The lowest BCUT2D eigenvalue weighted by molar-refractivity contribution is -0.145. The number of benzene rings is 2. The van der Waals surface area contributed by atoms with Crippen molar-refractivity contribution in [2.24, 2.45) is 17.8 Å². The third-order valence-corrected chi connectivity index (χ3v) is 8.81. The molecular formula is C29H34ClN3O5. The molecule has 2 aromatic rings. The summed E-state index contributed by atoms with van der Waals surface area (Å²) in [6, 6.07) is 14.8. The molecule has 0 radical (unpaired) electrons. The molecule has 7 atom stereocenters. The van der Waals surface area contributed by atoms with E-state index in [-0.39, 0.29) is 24.3 Å². The Labute approximate surface area is 227 Å². The Morgan fingerprint density at radius 3 is 2.53 bits per heavy atom. The second-order valence-corrected chi connectivity index (χ2v) is 11.1. The van der Waals surface area contributed by atoms with Crippen LogP contribution in [0.1, 0.15) is 38.7 Å². The monoisotopic (exact) mass is 539 g/mol. The normalized spacial score (nSPS) is 29.2. The largest absolute Gasteiger partial charge is 0.394 e. The van der Waals surface area contributed by atoms with Crippen molar-refractivity contribution in [1.82, 2.24) is 10.2 Å². The number of hydrogen-bond donors (Lipinski definition) is 3. The van der Waals surface area contributed by atoms with E-state index in [9.17, 15) is 19.5 Å². The molecule has 2 aromatic carbocycles. The lowest BCUT2D eigenvalue weighted by Gasteiger charge is -2.38. The molecule has 38 heavy (non-hydrogen) atoms. The predicted molar refractivity (Wildman–Crippen MR) is 143 cm³/mol. The van der Waals surface area contributed by atoms with E-state index in [4.69, 9.17) is 16.3 Å². The highest BCUT2D eigenvalue weighted by molar-refractivity contribution is 6.30. The molecule has 1 spiro atoms. The molecular weight excluding hydrogens is 506 g/mol. The minimum absolute atomic E-state index is 0.0624. The van der Waals surface area contributed by atoms with Crippen LogP contribution in [0.3, 0.4) is 0 Å². The second-order valence-electron chi connectivity index (χ2n) is 10.6. The number of likely N-dealkylation sites (tertiary alicyclic amines) is 1. The molecule has 2 unspecified atom stereocenters. The molecule has 0 saturated carbocycles. The van der Waals surface area contributed by atoms with Gasteiger partial charge in [0.2, 0.25) is 17.7 Å². The summed E-state index contributed by atoms with van der Waals surface area (Å²) >= 11 is 6.01. The van der Waals surface area contributed by atoms with Crippen molar-refractivity contribution in [1.29, 1.82) is 0 Å². The Hall–Kier alpha value is -2.94. The molecule has 0 aliphatic carbocycles. The molecule has 2 bridgehead atoms. The Kier molecular flexibility index (Phi) is 7.49. The molecule has 3 N–H and O–H groups in total. The lowest BCUT2D eigenvalue weighted by atomic mass is 9.70. The van der Waals surface area contributed by atoms with Gasteiger partial charge >= 0.3 is 0 Å². The predicted octanol–water partition coefficient (Wildman–Crippen LogP) is 3.38. The van der Waals surface area contributed by atoms with E-state index in [1.807, 2.05) is 44.2 Å². The number of carbonyl (C=O) groups excluding carboxylic acids is 3. The smallest absolute Gasteiger partial charge is 0.250 e. The van der Waals surface area contributed by atoms with E-state index in [2.05, 4.69) is 10.6 Å². The lowest BCUT2D eigenvalue weighted by Crippen LogP contribution is -2.57. The zero-order valence-corrected chi connectivity index (χ0v) is 22.4. The first-order valence-electron chi connectivity index (χ1n) is 13.3. The van der Waals surface area contributed by atoms with Gasteiger partial charge in [0.1, 0.15) is 11.6 Å². The minimum atomic E-state index is -1.13. The maximum Gasteiger partial charge on any atom is 0.250 e. The standard InChI is InChI=1S/C29H34ClN3O5/c1-3-17(2)21(16-34)33-25(27(36)32-20-11-9-19(30)10-12-20)29-14-13-22(38-29)23(24(29)28(33)37)26(35)31-15-18-7-5-4-6-8-18/h4-12,17,21-25,34H,3,13-16H2,1-2H3,(H,31,35)(H,32,36)/t17-,21-,22-,23+,24-,25?,29?/m0/s1. The molecule has 3 saturated heterocycles. The number of aliphatic hydroxyl groups excluding tert-OH is 1. The Bertz CT molecular complexity index is 1190. The van der Waals surface area contributed by atoms with E-state index >= 15 is 0 Å². The van der Waals surface area contributed by atoms with Crippen molar-refractivity contribution < 1.29 is 24.2 Å². The number of hydrogen-bond acceptors (Lipinski definition) is 5. The fraction of sp³-hybridized carbons (Fsp3) is 0.483. The summed E-state index contributed by atoms with van der Waals surface area (Å²) in [7, 11) is 0. The van der Waals surface area contributed by atoms with Crippen molar-refractivity contribution in [3.63, 3.8) is 0 Å². The zero-order valence-electron chi connectivity index (χ0n) is 21.6. The molecule has 9 heteroatoms. The first kappa shape index (κ1) is 26.7. The minimum Gasteiger partial charge on any atom is -0.394 e. The third kappa shape index (κ3) is 4.48. The molecule has 3 heterocycles. The summed E-state index contributed by atoms with van der Waals surface area (Å²) < 4.78 is 6.48. The van der Waals surface area contributed by atoms with Gasteiger partial charge in [0.25, 0.3) is 0 Å². The summed E-state index contributed by atoms with van der Waals surface area (Å²) in [4.78, 5) is 43.1. The molecule has 8 nitrogen and oxygen atoms in total. The number of nitrogens with one attached hydrogen (secondary N) is 2. The fourth-order valence-electron chi connectivity index (χ4n) is 6.51. The molecule has 202 valence electrons. The maximum absolute atomic E-state index is 14.2. The second kappa shape index (κ2) is 10.7. The first-order valence-corrected chi connectivity index (χ1v) is 13.7. The van der Waals surface area contributed by atoms with Crippen molar-refractivity contribution in [2.45, 2.75) is 63.4 Å². The van der Waals surface area contributed by atoms with Crippen LogP contribution in [0.25, 0.3) is 0 Å². The van der Waals surface area contributed by atoms with Crippen molar-refractivity contribution in [3.05, 3.63) is 65.2 Å².